The molecule has 0 saturated carbocycles. The van der Waals surface area contributed by atoms with Crippen LogP contribution in [0.1, 0.15) is 22.5 Å². The summed E-state index contributed by atoms with van der Waals surface area (Å²) in [7, 11) is 0. The molecule has 0 N–H and O–H groups in total. The Morgan fingerprint density at radius 3 is 2.75 bits per heavy atom. The molecule has 1 aliphatic heterocycles. The first-order valence-corrected chi connectivity index (χ1v) is 9.44. The first-order chi connectivity index (χ1) is 13.4. The zero-order valence-electron chi connectivity index (χ0n) is 14.8. The van der Waals surface area contributed by atoms with Crippen molar-refractivity contribution in [3.63, 3.8) is 0 Å². The van der Waals surface area contributed by atoms with Crippen molar-refractivity contribution < 1.29 is 17.9 Å². The summed E-state index contributed by atoms with van der Waals surface area (Å²) in [5, 5.41) is 2.72. The first kappa shape index (κ1) is 18.8. The van der Waals surface area contributed by atoms with Crippen LogP contribution in [0.5, 0.6) is 0 Å². The third-order valence-electron chi connectivity index (χ3n) is 4.20. The lowest BCUT2D eigenvalue weighted by Gasteiger charge is -2.33. The number of aryl methyl sites for hydroxylation is 1. The monoisotopic (exact) mass is 407 g/mol. The van der Waals surface area contributed by atoms with Gasteiger partial charge in [-0.25, -0.2) is 15.0 Å². The standard InChI is InChI=1S/C18H16F3N5OS/c1-11-10-28-17(23-11)13-9-26(6-7-27-13)15-8-14(18(19,20)21)24-16(25-15)12-4-2-3-5-22-12/h2-5,8,10,13H,6-7,9H2,1H3. The molecule has 1 fully saturated rings. The molecule has 0 aliphatic carbocycles. The maximum atomic E-state index is 13.4. The molecule has 4 rings (SSSR count). The number of nitrogens with zero attached hydrogens (tertiary/aromatic N) is 5. The van der Waals surface area contributed by atoms with Gasteiger partial charge in [0.25, 0.3) is 0 Å². The molecule has 10 heteroatoms. The smallest absolute Gasteiger partial charge is 0.367 e. The predicted molar refractivity (Wildman–Crippen MR) is 98.0 cm³/mol. The third-order valence-corrected chi connectivity index (χ3v) is 5.25. The molecule has 0 aromatic carbocycles. The minimum Gasteiger partial charge on any atom is -0.367 e. The summed E-state index contributed by atoms with van der Waals surface area (Å²) < 4.78 is 46.0. The van der Waals surface area contributed by atoms with Crippen molar-refractivity contribution in [2.24, 2.45) is 0 Å². The molecule has 1 atom stereocenters. The zero-order valence-corrected chi connectivity index (χ0v) is 15.7. The van der Waals surface area contributed by atoms with E-state index in [9.17, 15) is 13.2 Å². The van der Waals surface area contributed by atoms with Gasteiger partial charge in [-0.1, -0.05) is 6.07 Å². The molecule has 3 aromatic rings. The maximum absolute atomic E-state index is 13.4. The van der Waals surface area contributed by atoms with Gasteiger partial charge in [-0.05, 0) is 19.1 Å². The number of ether oxygens (including phenoxy) is 1. The number of morpholine rings is 1. The van der Waals surface area contributed by atoms with E-state index in [-0.39, 0.29) is 23.4 Å². The molecule has 6 nitrogen and oxygen atoms in total. The van der Waals surface area contributed by atoms with Crippen LogP contribution in [0.2, 0.25) is 0 Å². The number of anilines is 1. The average Bonchev–Trinajstić information content (AvgIpc) is 3.14. The summed E-state index contributed by atoms with van der Waals surface area (Å²) in [5.74, 6) is 0.142. The van der Waals surface area contributed by atoms with Gasteiger partial charge in [0, 0.05) is 29.9 Å². The highest BCUT2D eigenvalue weighted by Crippen LogP contribution is 2.33. The first-order valence-electron chi connectivity index (χ1n) is 8.56. The summed E-state index contributed by atoms with van der Waals surface area (Å²) in [6.45, 7) is 3.05. The highest BCUT2D eigenvalue weighted by atomic mass is 32.1. The number of hydrogen-bond donors (Lipinski definition) is 0. The Morgan fingerprint density at radius 1 is 1.21 bits per heavy atom. The van der Waals surface area contributed by atoms with Crippen molar-refractivity contribution in [2.75, 3.05) is 24.6 Å². The van der Waals surface area contributed by atoms with Crippen LogP contribution < -0.4 is 4.90 Å². The molecular formula is C18H16F3N5OS. The van der Waals surface area contributed by atoms with Crippen LogP contribution in [0.25, 0.3) is 11.5 Å². The minimum atomic E-state index is -4.58. The molecule has 28 heavy (non-hydrogen) atoms. The third kappa shape index (κ3) is 3.97. The van der Waals surface area contributed by atoms with Gasteiger partial charge in [-0.2, -0.15) is 13.2 Å². The number of hydrogen-bond acceptors (Lipinski definition) is 7. The number of rotatable bonds is 3. The number of alkyl halides is 3. The molecule has 1 saturated heterocycles. The predicted octanol–water partition coefficient (Wildman–Crippen LogP) is 3.90. The lowest BCUT2D eigenvalue weighted by molar-refractivity contribution is -0.141. The molecular weight excluding hydrogens is 391 g/mol. The largest absolute Gasteiger partial charge is 0.433 e. The van der Waals surface area contributed by atoms with Gasteiger partial charge >= 0.3 is 6.18 Å². The number of halogens is 3. The lowest BCUT2D eigenvalue weighted by atomic mass is 10.2. The Kier molecular flexibility index (Phi) is 4.98. The van der Waals surface area contributed by atoms with Crippen LogP contribution in [0, 0.1) is 6.92 Å². The molecule has 0 bridgehead atoms. The Labute approximate surface area is 163 Å². The second-order valence-corrected chi connectivity index (χ2v) is 7.17. The van der Waals surface area contributed by atoms with Gasteiger partial charge in [0.1, 0.15) is 22.6 Å². The summed E-state index contributed by atoms with van der Waals surface area (Å²) in [4.78, 5) is 18.3. The fourth-order valence-electron chi connectivity index (χ4n) is 2.88. The van der Waals surface area contributed by atoms with Gasteiger partial charge in [0.2, 0.25) is 0 Å². The molecule has 3 aromatic heterocycles. The minimum absolute atomic E-state index is 0.0569. The van der Waals surface area contributed by atoms with E-state index in [1.165, 1.54) is 17.5 Å². The van der Waals surface area contributed by atoms with Gasteiger partial charge in [0.05, 0.1) is 13.2 Å². The van der Waals surface area contributed by atoms with Crippen LogP contribution in [-0.4, -0.2) is 39.6 Å². The Morgan fingerprint density at radius 2 is 2.07 bits per heavy atom. The van der Waals surface area contributed by atoms with Gasteiger partial charge < -0.3 is 9.64 Å². The molecule has 1 unspecified atom stereocenters. The fraction of sp³-hybridized carbons (Fsp3) is 0.333. The molecule has 0 spiro atoms. The van der Waals surface area contributed by atoms with Crippen molar-refractivity contribution in [1.82, 2.24) is 19.9 Å². The number of aromatic nitrogens is 4. The molecule has 0 amide bonds. The molecule has 4 heterocycles. The van der Waals surface area contributed by atoms with Crippen LogP contribution in [-0.2, 0) is 10.9 Å². The van der Waals surface area contributed by atoms with E-state index in [0.717, 1.165) is 16.8 Å². The summed E-state index contributed by atoms with van der Waals surface area (Å²) in [6.07, 6.45) is -3.40. The molecule has 0 radical (unpaired) electrons. The van der Waals surface area contributed by atoms with Gasteiger partial charge in [0.15, 0.2) is 11.5 Å². The Hall–Kier alpha value is -2.59. The van der Waals surface area contributed by atoms with E-state index < -0.39 is 11.9 Å². The van der Waals surface area contributed by atoms with E-state index in [1.807, 2.05) is 12.3 Å². The maximum Gasteiger partial charge on any atom is 0.433 e. The van der Waals surface area contributed by atoms with Crippen molar-refractivity contribution in [3.8, 4) is 11.5 Å². The Balaban J connectivity index is 1.69. The van der Waals surface area contributed by atoms with Crippen LogP contribution >= 0.6 is 11.3 Å². The van der Waals surface area contributed by atoms with Crippen molar-refractivity contribution in [3.05, 3.63) is 52.2 Å². The van der Waals surface area contributed by atoms with Crippen molar-refractivity contribution in [2.45, 2.75) is 19.2 Å². The van der Waals surface area contributed by atoms with Gasteiger partial charge in [-0.3, -0.25) is 4.98 Å². The summed E-state index contributed by atoms with van der Waals surface area (Å²) >= 11 is 1.48. The number of pyridine rings is 1. The van der Waals surface area contributed by atoms with Crippen LogP contribution in [0.4, 0.5) is 19.0 Å². The molecule has 146 valence electrons. The van der Waals surface area contributed by atoms with Crippen LogP contribution in [0.3, 0.4) is 0 Å². The van der Waals surface area contributed by atoms with E-state index in [1.54, 1.807) is 23.1 Å². The number of thiazole rings is 1. The quantitative estimate of drug-likeness (QED) is 0.656. The van der Waals surface area contributed by atoms with E-state index in [0.29, 0.717) is 19.7 Å². The summed E-state index contributed by atoms with van der Waals surface area (Å²) in [5.41, 5.74) is 0.182. The lowest BCUT2D eigenvalue weighted by Crippen LogP contribution is -2.39. The second kappa shape index (κ2) is 7.44. The Bertz CT molecular complexity index is 963. The summed E-state index contributed by atoms with van der Waals surface area (Å²) in [6, 6.07) is 5.92. The second-order valence-electron chi connectivity index (χ2n) is 6.28. The fourth-order valence-corrected chi connectivity index (χ4v) is 3.71. The highest BCUT2D eigenvalue weighted by Gasteiger charge is 2.35. The zero-order chi connectivity index (χ0) is 19.7. The van der Waals surface area contributed by atoms with Crippen molar-refractivity contribution >= 4 is 17.2 Å². The van der Waals surface area contributed by atoms with Crippen LogP contribution in [0.15, 0.2) is 35.8 Å². The average molecular weight is 407 g/mol. The van der Waals surface area contributed by atoms with Gasteiger partial charge in [-0.15, -0.1) is 11.3 Å². The normalized spacial score (nSPS) is 17.7. The van der Waals surface area contributed by atoms with E-state index in [2.05, 4.69) is 19.9 Å². The highest BCUT2D eigenvalue weighted by molar-refractivity contribution is 7.09. The SMILES string of the molecule is Cc1csc(C2CN(c3cc(C(F)(F)F)nc(-c4ccccn4)n3)CCO2)n1. The van der Waals surface area contributed by atoms with Crippen molar-refractivity contribution in [1.29, 1.82) is 0 Å². The van der Waals surface area contributed by atoms with E-state index >= 15 is 0 Å². The topological polar surface area (TPSA) is 64.0 Å². The molecule has 1 aliphatic rings. The van der Waals surface area contributed by atoms with E-state index in [4.69, 9.17) is 4.74 Å².